The van der Waals surface area contributed by atoms with Crippen molar-refractivity contribution >= 4 is 193 Å². The van der Waals surface area contributed by atoms with Crippen LogP contribution in [0.1, 0.15) is 83.6 Å². The van der Waals surface area contributed by atoms with Crippen LogP contribution < -0.4 is 43.6 Å². The number of allylic oxidation sites excluding steroid dienone is 1. The maximum absolute atomic E-state index is 13.8. The number of morpholine rings is 2. The van der Waals surface area contributed by atoms with Crippen molar-refractivity contribution in [2.24, 2.45) is 0 Å². The number of carbonyl (C=O) groups is 3. The molecule has 14 heterocycles. The molecule has 20 rings (SSSR count). The van der Waals surface area contributed by atoms with Crippen LogP contribution in [0.25, 0.3) is 46.9 Å². The summed E-state index contributed by atoms with van der Waals surface area (Å²) in [7, 11) is 2.10. The van der Waals surface area contributed by atoms with E-state index in [1.54, 1.807) is 4.90 Å². The molecule has 0 saturated carbocycles. The van der Waals surface area contributed by atoms with E-state index >= 15 is 0 Å². The van der Waals surface area contributed by atoms with Crippen LogP contribution in [0.4, 0.5) is 47.7 Å². The summed E-state index contributed by atoms with van der Waals surface area (Å²) in [5.74, 6) is -1.47. The number of likely N-dealkylation sites (N-methyl/N-ethyl adjacent to an activating group) is 1. The summed E-state index contributed by atoms with van der Waals surface area (Å²) in [5.41, 5.74) is 12.6. The van der Waals surface area contributed by atoms with Crippen molar-refractivity contribution in [2.45, 2.75) is 141 Å². The van der Waals surface area contributed by atoms with Gasteiger partial charge in [0.1, 0.15) is 62.3 Å². The van der Waals surface area contributed by atoms with Crippen LogP contribution in [-0.2, 0) is 69.4 Å². The fourth-order valence-electron chi connectivity index (χ4n) is 21.3. The van der Waals surface area contributed by atoms with Crippen molar-refractivity contribution in [1.29, 1.82) is 0 Å². The lowest BCUT2D eigenvalue weighted by atomic mass is 9.99. The molecule has 8 saturated heterocycles. The first-order valence-electron chi connectivity index (χ1n) is 46.2. The third-order valence-electron chi connectivity index (χ3n) is 28.1. The Hall–Kier alpha value is -10.0. The van der Waals surface area contributed by atoms with Gasteiger partial charge in [0.05, 0.1) is 68.7 Å². The summed E-state index contributed by atoms with van der Waals surface area (Å²) < 4.78 is 70.7. The van der Waals surface area contributed by atoms with E-state index in [0.29, 0.717) is 128 Å². The number of carbonyl (C=O) groups excluding carboxylic acids is 3. The lowest BCUT2D eigenvalue weighted by Crippen LogP contribution is -2.57. The van der Waals surface area contributed by atoms with Gasteiger partial charge in [-0.25, -0.2) is 32.9 Å². The monoisotopic (exact) mass is 2100 g/mol. The fourth-order valence-corrected chi connectivity index (χ4v) is 21.3. The van der Waals surface area contributed by atoms with Crippen molar-refractivity contribution in [1.82, 2.24) is 59.3 Å². The third-order valence-corrected chi connectivity index (χ3v) is 28.1. The number of aryl methyl sites for hydroxylation is 2. The molecule has 1 N–H and O–H groups in total. The lowest BCUT2D eigenvalue weighted by molar-refractivity contribution is -0.131. The highest BCUT2D eigenvalue weighted by Crippen LogP contribution is 2.43. The number of likely N-dealkylation sites (tertiary alicyclic amines) is 3. The molecule has 0 spiro atoms. The summed E-state index contributed by atoms with van der Waals surface area (Å²) in [5, 5.41) is 17.1. The number of alkyl halides is 1. The Morgan fingerprint density at radius 3 is 1.21 bits per heavy atom. The Morgan fingerprint density at radius 1 is 0.479 bits per heavy atom. The van der Waals surface area contributed by atoms with Gasteiger partial charge in [-0.05, 0) is 130 Å². The number of aliphatic hydroxyl groups excluding tert-OH is 1. The van der Waals surface area contributed by atoms with E-state index in [-0.39, 0.29) is 179 Å². The summed E-state index contributed by atoms with van der Waals surface area (Å²) in [6, 6.07) is 38.5. The highest BCUT2D eigenvalue weighted by Gasteiger charge is 2.44. The van der Waals surface area contributed by atoms with Crippen molar-refractivity contribution in [3.8, 4) is 18.0 Å². The molecule has 9 aromatic rings. The number of rotatable bonds is 23. The molecule has 11 aliphatic rings. The molecule has 41 heteroatoms. The van der Waals surface area contributed by atoms with E-state index in [1.165, 1.54) is 66.0 Å². The first-order valence-corrected chi connectivity index (χ1v) is 46.2. The molecule has 3 amide bonds. The fraction of sp³-hybridized carbons (Fsp3) is 0.465. The van der Waals surface area contributed by atoms with Crippen LogP contribution in [0.3, 0.4) is 0 Å². The number of benzene rings is 6. The predicted octanol–water partition coefficient (Wildman–Crippen LogP) is 12.6. The molecule has 11 aliphatic heterocycles. The molecule has 0 aliphatic carbocycles. The predicted molar refractivity (Wildman–Crippen MR) is 592 cm³/mol. The van der Waals surface area contributed by atoms with Gasteiger partial charge >= 0.3 is 18.0 Å². The standard InChI is InChI=1S/C34H38FN7O3.C33H36FN7O3.C33H38FN7O3.CH4.8H2S/c1-23-6-3-7-24-8-4-9-30(32(23)24)39-13-11-28-29(20-39)37-34(45-22-41-19-27-16-25(41)21-44-27)38-33(28)40-14-15-42(26(18-40)17-36-2)31(43)10-5-12-35;1-21-6-4-7-23-8-5-9-29(30(21)23)38-11-10-27-28(18-38)36-33(44-20-40-17-26-14-24(40)19-43-26)37-31(27)39-12-13-41(32(42)22(2)34)25(16-39)15-35-3;1-22(34)32(43)41-16-15-40(18-26(41)17-35-2)31-27-12-14-39(29-11-5-8-23-7-4-9-24(20-42)30(23)29)19-28(27)36-33(37-31)44-21-25-10-6-13-38(25)3;;;;;;;;;/h3-10,25-27H,11-22H2,1H3;4-9,24-26H,2,10-20H2,1H3;4-5,7-9,11,25-26,42H,1,6,10,12-21H2,3H3;1H4;8*1H2/b10-5+;;;;;;;;;;;/t25-,26-,27-;24-,25-,26-;25-,26-;;;;;;;;;/m000........./s1. The zero-order chi connectivity index (χ0) is 92.1. The molecule has 4 bridgehead atoms. The number of anilines is 6. The van der Waals surface area contributed by atoms with Crippen molar-refractivity contribution < 1.29 is 56.3 Å². The quantitative estimate of drug-likeness (QED) is 0.0462. The average molecular weight is 2100 g/mol. The van der Waals surface area contributed by atoms with E-state index in [0.717, 1.165) is 164 Å². The minimum absolute atomic E-state index is 0. The molecule has 6 aromatic carbocycles. The summed E-state index contributed by atoms with van der Waals surface area (Å²) >= 11 is 0. The number of halogens is 3. The molecule has 764 valence electrons. The highest BCUT2D eigenvalue weighted by molar-refractivity contribution is 7.60. The van der Waals surface area contributed by atoms with Gasteiger partial charge in [-0.1, -0.05) is 112 Å². The number of piperazine rings is 3. The number of ether oxygens (including phenoxy) is 5. The molecule has 8 fully saturated rings. The van der Waals surface area contributed by atoms with Crippen molar-refractivity contribution in [2.75, 3.05) is 194 Å². The van der Waals surface area contributed by atoms with E-state index in [4.69, 9.17) is 73.3 Å². The largest absolute Gasteiger partial charge is 0.462 e. The molecular formula is C101H132F3N21O9S8. The van der Waals surface area contributed by atoms with Crippen molar-refractivity contribution in [3.63, 3.8) is 0 Å². The Labute approximate surface area is 885 Å². The van der Waals surface area contributed by atoms with E-state index in [1.807, 2.05) is 18.2 Å². The Balaban J connectivity index is 0.000000230. The molecule has 0 radical (unpaired) electrons. The molecule has 142 heavy (non-hydrogen) atoms. The smallest absolute Gasteiger partial charge is 0.320 e. The van der Waals surface area contributed by atoms with Crippen LogP contribution in [0.5, 0.6) is 18.0 Å². The maximum atomic E-state index is 13.8. The number of fused-ring (bicyclic) bond motifs is 10. The minimum Gasteiger partial charge on any atom is -0.462 e. The van der Waals surface area contributed by atoms with E-state index in [2.05, 4.69) is 184 Å². The molecule has 30 nitrogen and oxygen atoms in total. The van der Waals surface area contributed by atoms with Gasteiger partial charge in [0, 0.05) is 166 Å². The zero-order valence-corrected chi connectivity index (χ0v) is 87.6. The van der Waals surface area contributed by atoms with Crippen LogP contribution in [0.15, 0.2) is 146 Å². The molecule has 0 unspecified atom stereocenters. The second-order valence-electron chi connectivity index (χ2n) is 36.2. The van der Waals surface area contributed by atoms with Crippen LogP contribution in [0.2, 0.25) is 0 Å². The number of nitrogens with zero attached hydrogens (tertiary/aromatic N) is 21. The third kappa shape index (κ3) is 25.0. The normalized spacial score (nSPS) is 20.8. The first kappa shape index (κ1) is 116. The SMILES string of the molecule is C.S.S.S.S.S.S.S.S.[C-]#[N+]C[C@H]1CN(c2nc(OCN3C[C@@H]4C[C@H]3CO4)nc3c2CCN(c2cccc4cccc(C)c24)C3)CCN1C(=O)/C=C/CF.[C-]#[N+]C[C@H]1CN(c2nc(OCN3C[C@@H]4C[C@H]3CO4)nc3c2CCN(c2cccc4cccc(C)c24)C3)CCN1C(=O)C(=C)F.[C-]#[N+]C[C@H]1CN(c2nc(OC[C@@H]3CCCN3C)nc3c2CCN(c2cccc4cccc(CO)c24)C3)CCN1C(=O)C(=C)F. The summed E-state index contributed by atoms with van der Waals surface area (Å²) in [4.78, 5) is 103. The molecular weight excluding hydrogens is 1960 g/mol. The number of hydrogen-bond donors (Lipinski definition) is 1. The zero-order valence-electron chi connectivity index (χ0n) is 79.6. The Kier molecular flexibility index (Phi) is 42.5. The number of hydrogen-bond acceptors (Lipinski definition) is 24. The second kappa shape index (κ2) is 52.2. The second-order valence-corrected chi connectivity index (χ2v) is 36.2. The van der Waals surface area contributed by atoms with Crippen LogP contribution in [-0.4, -0.2) is 295 Å². The number of aromatic nitrogens is 6. The summed E-state index contributed by atoms with van der Waals surface area (Å²) in [6.45, 7) is 45.8. The van der Waals surface area contributed by atoms with Gasteiger partial charge < -0.3 is 92.3 Å². The summed E-state index contributed by atoms with van der Waals surface area (Å²) in [6.07, 6.45) is 9.44. The van der Waals surface area contributed by atoms with Crippen molar-refractivity contribution in [3.05, 3.63) is 231 Å². The van der Waals surface area contributed by atoms with E-state index in [9.17, 15) is 32.7 Å². The van der Waals surface area contributed by atoms with Gasteiger partial charge in [0.25, 0.3) is 11.8 Å². The molecule has 8 atom stereocenters. The van der Waals surface area contributed by atoms with Gasteiger partial charge in [-0.3, -0.25) is 24.2 Å². The lowest BCUT2D eigenvalue weighted by Gasteiger charge is -2.41. The van der Waals surface area contributed by atoms with Crippen LogP contribution in [0, 0.1) is 33.6 Å². The number of aliphatic hydroxyl groups is 1. The minimum atomic E-state index is -1.02. The Morgan fingerprint density at radius 2 is 0.852 bits per heavy atom. The Bertz CT molecular complexity index is 6100. The first-order chi connectivity index (χ1) is 64.8. The average Bonchev–Trinajstić information content (AvgIpc) is 1.19. The number of amides is 3. The van der Waals surface area contributed by atoms with Gasteiger partial charge in [0.15, 0.2) is 11.7 Å². The van der Waals surface area contributed by atoms with Gasteiger partial charge in [0.2, 0.25) is 25.5 Å². The van der Waals surface area contributed by atoms with Crippen LogP contribution >= 0.6 is 108 Å². The highest BCUT2D eigenvalue weighted by atomic mass is 32.1. The van der Waals surface area contributed by atoms with Gasteiger partial charge in [-0.15, -0.1) is 0 Å². The molecule has 3 aromatic heterocycles. The topological polar surface area (TPSA) is 247 Å². The maximum Gasteiger partial charge on any atom is 0.320 e. The van der Waals surface area contributed by atoms with Gasteiger partial charge in [-0.2, -0.15) is 138 Å². The van der Waals surface area contributed by atoms with E-state index < -0.39 is 42.2 Å².